The van der Waals surface area contributed by atoms with Crippen LogP contribution >= 0.6 is 0 Å². The van der Waals surface area contributed by atoms with Crippen LogP contribution in [0.15, 0.2) is 48.9 Å². The number of nitrogens with zero attached hydrogens (tertiary/aromatic N) is 9. The lowest BCUT2D eigenvalue weighted by atomic mass is 10.2. The first-order valence-electron chi connectivity index (χ1n) is 16.2. The molecule has 0 bridgehead atoms. The molecule has 7 rings (SSSR count). The second-order valence-corrected chi connectivity index (χ2v) is 12.6. The highest BCUT2D eigenvalue weighted by Gasteiger charge is 2.27. The van der Waals surface area contributed by atoms with Gasteiger partial charge < -0.3 is 19.7 Å². The van der Waals surface area contributed by atoms with Crippen LogP contribution in [-0.2, 0) is 11.3 Å². The van der Waals surface area contributed by atoms with Crippen molar-refractivity contribution in [2.24, 2.45) is 0 Å². The first kappa shape index (κ1) is 30.5. The van der Waals surface area contributed by atoms with E-state index in [1.165, 1.54) is 4.90 Å². The maximum atomic E-state index is 13.0. The minimum atomic E-state index is -0.427. The highest BCUT2D eigenvalue weighted by atomic mass is 16.2. The molecule has 1 saturated carbocycles. The molecular formula is C33H39N11O3. The van der Waals surface area contributed by atoms with E-state index in [2.05, 4.69) is 46.0 Å². The molecule has 244 valence electrons. The molecule has 3 fully saturated rings. The predicted molar refractivity (Wildman–Crippen MR) is 178 cm³/mol. The monoisotopic (exact) mass is 637 g/mol. The van der Waals surface area contributed by atoms with Crippen LogP contribution in [-0.4, -0.2) is 99.0 Å². The van der Waals surface area contributed by atoms with Crippen molar-refractivity contribution in [3.8, 4) is 0 Å². The van der Waals surface area contributed by atoms with Crippen molar-refractivity contribution < 1.29 is 14.4 Å². The van der Waals surface area contributed by atoms with Gasteiger partial charge in [-0.15, -0.1) is 0 Å². The normalized spacial score (nSPS) is 17.7. The van der Waals surface area contributed by atoms with E-state index in [-0.39, 0.29) is 24.3 Å². The van der Waals surface area contributed by atoms with Crippen molar-refractivity contribution in [3.05, 3.63) is 60.2 Å². The molecular weight excluding hydrogens is 598 g/mol. The summed E-state index contributed by atoms with van der Waals surface area (Å²) in [5.74, 6) is 1.36. The maximum absolute atomic E-state index is 13.0. The number of nitrogens with one attached hydrogen (secondary N) is 2. The summed E-state index contributed by atoms with van der Waals surface area (Å²) in [6.07, 6.45) is 10.0. The lowest BCUT2D eigenvalue weighted by molar-refractivity contribution is -0.120. The number of pyridine rings is 2. The summed E-state index contributed by atoms with van der Waals surface area (Å²) in [5, 5.41) is 6.46. The zero-order valence-corrected chi connectivity index (χ0v) is 26.7. The zero-order valence-electron chi connectivity index (χ0n) is 26.7. The Morgan fingerprint density at radius 2 is 1.79 bits per heavy atom. The van der Waals surface area contributed by atoms with Gasteiger partial charge in [0, 0.05) is 83.6 Å². The van der Waals surface area contributed by atoms with Gasteiger partial charge >= 0.3 is 6.03 Å². The van der Waals surface area contributed by atoms with Crippen LogP contribution in [0, 0.1) is 0 Å². The molecule has 0 aromatic carbocycles. The zero-order chi connectivity index (χ0) is 32.5. The van der Waals surface area contributed by atoms with E-state index >= 15 is 0 Å². The molecule has 4 amide bonds. The van der Waals surface area contributed by atoms with Crippen molar-refractivity contribution in [1.29, 1.82) is 0 Å². The van der Waals surface area contributed by atoms with Gasteiger partial charge in [0.05, 0.1) is 11.9 Å². The smallest absolute Gasteiger partial charge is 0.329 e. The van der Waals surface area contributed by atoms with Crippen molar-refractivity contribution >= 4 is 52.2 Å². The standard InChI is InChI=1S/C33H39N11O3/c1-40(2)31(46)26-18-23-19-36-32(39-30(23)44(26)24-5-3-4-6-24)37-27-8-7-25(20-35-27)42-15-13-41(14-16-42)21-22-9-11-34-28(17-22)43-12-10-29(45)38-33(43)47/h7-9,11,17-20,24H,3-6,10,12-16,21H2,1-2H3,(H,38,45,47)(H,35,36,37,39). The van der Waals surface area contributed by atoms with E-state index in [4.69, 9.17) is 4.98 Å². The molecule has 3 aliphatic rings. The predicted octanol–water partition coefficient (Wildman–Crippen LogP) is 3.55. The van der Waals surface area contributed by atoms with Gasteiger partial charge in [-0.25, -0.2) is 19.7 Å². The van der Waals surface area contributed by atoms with Crippen molar-refractivity contribution in [3.63, 3.8) is 0 Å². The SMILES string of the molecule is CN(C)C(=O)c1cc2cnc(Nc3ccc(N4CCN(Cc5ccnc(N6CCC(=O)NC6=O)c5)CC4)cn3)nc2n1C1CCCC1. The minimum absolute atomic E-state index is 0.0306. The second-order valence-electron chi connectivity index (χ2n) is 12.6. The Labute approximate surface area is 272 Å². The van der Waals surface area contributed by atoms with Gasteiger partial charge in [0.15, 0.2) is 0 Å². The number of rotatable bonds is 8. The number of piperazine rings is 1. The molecule has 4 aromatic heterocycles. The first-order chi connectivity index (χ1) is 22.8. The van der Waals surface area contributed by atoms with Crippen LogP contribution in [0.4, 0.5) is 28.1 Å². The quantitative estimate of drug-likeness (QED) is 0.294. The van der Waals surface area contributed by atoms with Gasteiger partial charge in [-0.05, 0) is 48.7 Å². The molecule has 14 nitrogen and oxygen atoms in total. The molecule has 4 aromatic rings. The number of carbonyl (C=O) groups is 3. The first-order valence-corrected chi connectivity index (χ1v) is 16.2. The molecule has 1 aliphatic carbocycles. The molecule has 0 unspecified atom stereocenters. The Bertz CT molecular complexity index is 1790. The number of imide groups is 1. The van der Waals surface area contributed by atoms with Crippen molar-refractivity contribution in [1.82, 2.24) is 39.6 Å². The third-order valence-electron chi connectivity index (χ3n) is 9.16. The fraction of sp³-hybridized carbons (Fsp3) is 0.424. The minimum Gasteiger partial charge on any atom is -0.368 e. The number of aromatic nitrogens is 5. The van der Waals surface area contributed by atoms with E-state index in [1.807, 2.05) is 30.5 Å². The summed E-state index contributed by atoms with van der Waals surface area (Å²) in [6.45, 7) is 4.55. The topological polar surface area (TPSA) is 145 Å². The number of hydrogen-bond donors (Lipinski definition) is 2. The summed E-state index contributed by atoms with van der Waals surface area (Å²) < 4.78 is 2.11. The highest BCUT2D eigenvalue weighted by molar-refractivity contribution is 6.05. The molecule has 0 atom stereocenters. The maximum Gasteiger partial charge on any atom is 0.329 e. The molecule has 2 aliphatic heterocycles. The number of urea groups is 1. The Hall–Kier alpha value is -5.11. The molecule has 14 heteroatoms. The Balaban J connectivity index is 0.976. The van der Waals surface area contributed by atoms with Crippen LogP contribution in [0.1, 0.15) is 54.2 Å². The van der Waals surface area contributed by atoms with Crippen LogP contribution < -0.4 is 20.4 Å². The second kappa shape index (κ2) is 12.9. The van der Waals surface area contributed by atoms with E-state index < -0.39 is 6.03 Å². The number of hydrogen-bond acceptors (Lipinski definition) is 10. The van der Waals surface area contributed by atoms with Gasteiger partial charge in [-0.3, -0.25) is 24.7 Å². The summed E-state index contributed by atoms with van der Waals surface area (Å²) in [7, 11) is 3.55. The van der Waals surface area contributed by atoms with Crippen molar-refractivity contribution in [2.45, 2.75) is 44.7 Å². The molecule has 0 spiro atoms. The van der Waals surface area contributed by atoms with Crippen LogP contribution in [0.3, 0.4) is 0 Å². The fourth-order valence-corrected chi connectivity index (χ4v) is 6.67. The van der Waals surface area contributed by atoms with Gasteiger partial charge in [-0.2, -0.15) is 4.98 Å². The van der Waals surface area contributed by atoms with Crippen LogP contribution in [0.2, 0.25) is 0 Å². The third kappa shape index (κ3) is 6.45. The molecule has 0 radical (unpaired) electrons. The van der Waals surface area contributed by atoms with E-state index in [0.717, 1.165) is 80.7 Å². The molecule has 6 heterocycles. The summed E-state index contributed by atoms with van der Waals surface area (Å²) in [4.78, 5) is 63.0. The molecule has 47 heavy (non-hydrogen) atoms. The van der Waals surface area contributed by atoms with Gasteiger partial charge in [-0.1, -0.05) is 12.8 Å². The third-order valence-corrected chi connectivity index (χ3v) is 9.16. The van der Waals surface area contributed by atoms with Crippen LogP contribution in [0.5, 0.6) is 0 Å². The average Bonchev–Trinajstić information content (AvgIpc) is 3.73. The largest absolute Gasteiger partial charge is 0.368 e. The average molecular weight is 638 g/mol. The Morgan fingerprint density at radius 3 is 2.51 bits per heavy atom. The van der Waals surface area contributed by atoms with E-state index in [1.54, 1.807) is 31.4 Å². The Kier molecular flexibility index (Phi) is 8.41. The number of anilines is 4. The Morgan fingerprint density at radius 1 is 0.979 bits per heavy atom. The number of fused-ring (bicyclic) bond motifs is 1. The van der Waals surface area contributed by atoms with Crippen LogP contribution in [0.25, 0.3) is 11.0 Å². The highest BCUT2D eigenvalue weighted by Crippen LogP contribution is 2.35. The van der Waals surface area contributed by atoms with Gasteiger partial charge in [0.2, 0.25) is 11.9 Å². The van der Waals surface area contributed by atoms with Gasteiger partial charge in [0.25, 0.3) is 5.91 Å². The van der Waals surface area contributed by atoms with Gasteiger partial charge in [0.1, 0.15) is 23.0 Å². The number of amides is 4. The van der Waals surface area contributed by atoms with E-state index in [9.17, 15) is 14.4 Å². The molecule has 2 saturated heterocycles. The fourth-order valence-electron chi connectivity index (χ4n) is 6.67. The summed E-state index contributed by atoms with van der Waals surface area (Å²) in [6, 6.07) is 9.62. The summed E-state index contributed by atoms with van der Waals surface area (Å²) >= 11 is 0. The lowest BCUT2D eigenvalue weighted by Gasteiger charge is -2.36. The lowest BCUT2D eigenvalue weighted by Crippen LogP contribution is -2.50. The van der Waals surface area contributed by atoms with E-state index in [0.29, 0.717) is 29.8 Å². The number of carbonyl (C=O) groups excluding carboxylic acids is 3. The molecule has 2 N–H and O–H groups in total. The van der Waals surface area contributed by atoms with Crippen molar-refractivity contribution in [2.75, 3.05) is 61.9 Å². The summed E-state index contributed by atoms with van der Waals surface area (Å²) in [5.41, 5.74) is 3.54.